The van der Waals surface area contributed by atoms with Gasteiger partial charge in [-0.3, -0.25) is 28.3 Å². The van der Waals surface area contributed by atoms with Gasteiger partial charge >= 0.3 is 0 Å². The van der Waals surface area contributed by atoms with Crippen molar-refractivity contribution in [3.63, 3.8) is 0 Å². The molecule has 1 atom stereocenters. The van der Waals surface area contributed by atoms with E-state index in [-0.39, 0.29) is 42.5 Å². The molecule has 4 aromatic carbocycles. The highest BCUT2D eigenvalue weighted by Crippen LogP contribution is 2.37. The number of hydrogen-bond donors (Lipinski definition) is 2. The number of methoxy groups -OCH3 is 2. The summed E-state index contributed by atoms with van der Waals surface area (Å²) in [6.45, 7) is 10.4. The molecule has 0 aliphatic heterocycles. The average molecular weight is 984 g/mol. The first-order chi connectivity index (χ1) is 28.6. The minimum atomic E-state index is -0.181. The molecule has 10 nitrogen and oxygen atoms in total. The van der Waals surface area contributed by atoms with Gasteiger partial charge in [-0.25, -0.2) is 0 Å². The second-order valence-electron chi connectivity index (χ2n) is 14.4. The van der Waals surface area contributed by atoms with E-state index >= 15 is 0 Å². The number of rotatable bonds is 13. The molecule has 0 radical (unpaired) electrons. The summed E-state index contributed by atoms with van der Waals surface area (Å²) < 4.78 is 15.8. The number of unbranched alkanes of at least 4 members (excludes halogenated alkanes) is 1. The van der Waals surface area contributed by atoms with E-state index in [0.717, 1.165) is 50.1 Å². The molecule has 0 fully saturated rings. The number of carbonyl (C=O) groups is 4. The Morgan fingerprint density at radius 3 is 1.48 bits per heavy atom. The zero-order chi connectivity index (χ0) is 43.8. The molecule has 316 valence electrons. The van der Waals surface area contributed by atoms with Crippen molar-refractivity contribution in [1.82, 2.24) is 19.8 Å². The van der Waals surface area contributed by atoms with Crippen LogP contribution in [0.1, 0.15) is 83.3 Å². The van der Waals surface area contributed by atoms with E-state index in [2.05, 4.69) is 49.4 Å². The molecular formula is C46H48Br2Cl2N4O6. The molecule has 60 heavy (non-hydrogen) atoms. The van der Waals surface area contributed by atoms with Crippen molar-refractivity contribution in [3.8, 4) is 11.5 Å². The molecule has 6 rings (SSSR count). The summed E-state index contributed by atoms with van der Waals surface area (Å²) in [7, 11) is 3.08. The van der Waals surface area contributed by atoms with Gasteiger partial charge in [-0.2, -0.15) is 0 Å². The molecule has 0 saturated carbocycles. The highest BCUT2D eigenvalue weighted by atomic mass is 79.9. The second kappa shape index (κ2) is 20.8. The number of halogens is 4. The number of amides is 2. The molecular weight excluding hydrogens is 935 g/mol. The monoisotopic (exact) mass is 980 g/mol. The van der Waals surface area contributed by atoms with Crippen LogP contribution in [-0.4, -0.2) is 59.6 Å². The van der Waals surface area contributed by atoms with E-state index in [1.807, 2.05) is 52.0 Å². The molecule has 1 unspecified atom stereocenters. The van der Waals surface area contributed by atoms with Gasteiger partial charge in [0.25, 0.3) is 11.8 Å². The van der Waals surface area contributed by atoms with E-state index in [1.165, 1.54) is 0 Å². The Balaban J connectivity index is 0.000000228. The smallest absolute Gasteiger partial charge is 0.262 e. The highest BCUT2D eigenvalue weighted by Gasteiger charge is 2.25. The third-order valence-corrected chi connectivity index (χ3v) is 12.0. The third-order valence-electron chi connectivity index (χ3n) is 10.4. The van der Waals surface area contributed by atoms with Gasteiger partial charge in [0.1, 0.15) is 11.5 Å². The molecule has 0 spiro atoms. The largest absolute Gasteiger partial charge is 0.495 e. The summed E-state index contributed by atoms with van der Waals surface area (Å²) in [5.74, 6) is 0.488. The fraction of sp³-hybridized carbons (Fsp3) is 0.304. The van der Waals surface area contributed by atoms with Crippen molar-refractivity contribution >= 4 is 100 Å². The third kappa shape index (κ3) is 10.5. The molecule has 0 aliphatic rings. The lowest BCUT2D eigenvalue weighted by molar-refractivity contribution is -0.121. The molecule has 14 heteroatoms. The average Bonchev–Trinajstić information content (AvgIpc) is 3.63. The Bertz CT molecular complexity index is 2550. The number of aromatic nitrogens is 2. The fourth-order valence-corrected chi connectivity index (χ4v) is 7.90. The predicted molar refractivity (Wildman–Crippen MR) is 247 cm³/mol. The van der Waals surface area contributed by atoms with E-state index in [1.54, 1.807) is 71.9 Å². The lowest BCUT2D eigenvalue weighted by Crippen LogP contribution is -2.33. The molecule has 2 heterocycles. The van der Waals surface area contributed by atoms with Crippen molar-refractivity contribution in [1.29, 1.82) is 0 Å². The molecule has 0 bridgehead atoms. The topological polar surface area (TPSA) is 121 Å². The van der Waals surface area contributed by atoms with Crippen LogP contribution in [0.25, 0.3) is 21.8 Å². The number of fused-ring (bicyclic) bond motifs is 2. The summed E-state index contributed by atoms with van der Waals surface area (Å²) >= 11 is 19.5. The maximum Gasteiger partial charge on any atom is 0.262 e. The van der Waals surface area contributed by atoms with Crippen LogP contribution in [0.3, 0.4) is 0 Å². The Kier molecular flexibility index (Phi) is 16.1. The summed E-state index contributed by atoms with van der Waals surface area (Å²) in [6.07, 6.45) is 3.13. The Hall–Kier alpha value is -4.62. The number of hydrogen-bond acceptors (Lipinski definition) is 6. The Morgan fingerprint density at radius 2 is 1.10 bits per heavy atom. The quantitative estimate of drug-likeness (QED) is 0.111. The van der Waals surface area contributed by atoms with Crippen LogP contribution in [0.15, 0.2) is 81.7 Å². The van der Waals surface area contributed by atoms with Crippen molar-refractivity contribution in [2.75, 3.05) is 20.8 Å². The van der Waals surface area contributed by atoms with Crippen LogP contribution in [0, 0.1) is 13.8 Å². The first-order valence-corrected chi connectivity index (χ1v) is 21.9. The van der Waals surface area contributed by atoms with Gasteiger partial charge in [0.05, 0.1) is 48.1 Å². The van der Waals surface area contributed by atoms with Crippen molar-refractivity contribution in [2.24, 2.45) is 0 Å². The molecule has 6 aromatic rings. The van der Waals surface area contributed by atoms with Gasteiger partial charge in [-0.1, -0.05) is 75.3 Å². The SMILES string of the molecule is CCC(C)NC(=O)Cc1c(C)n(C(=O)c2ccc(Br)cc2)c2cc(Cl)c(OC)cc12.CCCCNC(=O)Cc1c(C)n(C(=O)c2ccc(Br)cc2)c2cc(Cl)c(OC)cc12. The number of benzene rings is 4. The van der Waals surface area contributed by atoms with Crippen LogP contribution < -0.4 is 20.1 Å². The normalized spacial score (nSPS) is 11.5. The lowest BCUT2D eigenvalue weighted by Gasteiger charge is -2.12. The van der Waals surface area contributed by atoms with Crippen LogP contribution in [-0.2, 0) is 22.4 Å². The van der Waals surface area contributed by atoms with Crippen molar-refractivity contribution in [3.05, 3.63) is 125 Å². The molecule has 2 N–H and O–H groups in total. The summed E-state index contributed by atoms with van der Waals surface area (Å²) in [4.78, 5) is 51.8. The predicted octanol–water partition coefficient (Wildman–Crippen LogP) is 11.0. The van der Waals surface area contributed by atoms with Crippen molar-refractivity contribution < 1.29 is 28.7 Å². The zero-order valence-corrected chi connectivity index (χ0v) is 39.3. The van der Waals surface area contributed by atoms with Gasteiger partial charge in [0.15, 0.2) is 0 Å². The maximum absolute atomic E-state index is 13.4. The van der Waals surface area contributed by atoms with Crippen molar-refractivity contribution in [2.45, 2.75) is 72.8 Å². The first kappa shape index (κ1) is 46.4. The van der Waals surface area contributed by atoms with E-state index in [9.17, 15) is 19.2 Å². The summed E-state index contributed by atoms with van der Waals surface area (Å²) in [5.41, 5.74) is 5.39. The number of ether oxygens (including phenoxy) is 2. The number of nitrogens with one attached hydrogen (secondary N) is 2. The van der Waals surface area contributed by atoms with Gasteiger partial charge in [0, 0.05) is 54.8 Å². The molecule has 0 saturated heterocycles. The Morgan fingerprint density at radius 1 is 0.683 bits per heavy atom. The van der Waals surface area contributed by atoms with Crippen LogP contribution in [0.5, 0.6) is 11.5 Å². The maximum atomic E-state index is 13.4. The molecule has 2 aromatic heterocycles. The second-order valence-corrected chi connectivity index (χ2v) is 17.0. The van der Waals surface area contributed by atoms with Gasteiger partial charge in [-0.05, 0) is 118 Å². The van der Waals surface area contributed by atoms with E-state index in [4.69, 9.17) is 32.7 Å². The minimum Gasteiger partial charge on any atom is -0.495 e. The van der Waals surface area contributed by atoms with E-state index < -0.39 is 0 Å². The fourth-order valence-electron chi connectivity index (χ4n) is 6.90. The summed E-state index contributed by atoms with van der Waals surface area (Å²) in [5, 5.41) is 8.31. The van der Waals surface area contributed by atoms with Crippen LogP contribution in [0.4, 0.5) is 0 Å². The Labute approximate surface area is 377 Å². The van der Waals surface area contributed by atoms with Gasteiger partial charge in [0.2, 0.25) is 11.8 Å². The van der Waals surface area contributed by atoms with Gasteiger partial charge in [-0.15, -0.1) is 0 Å². The highest BCUT2D eigenvalue weighted by molar-refractivity contribution is 9.10. The number of carbonyl (C=O) groups excluding carboxylic acids is 4. The van der Waals surface area contributed by atoms with Crippen LogP contribution >= 0.6 is 55.1 Å². The molecule has 2 amide bonds. The van der Waals surface area contributed by atoms with Gasteiger partial charge < -0.3 is 20.1 Å². The summed E-state index contributed by atoms with van der Waals surface area (Å²) in [6, 6.07) is 21.5. The minimum absolute atomic E-state index is 0.0735. The number of nitrogens with zero attached hydrogens (tertiary/aromatic N) is 2. The lowest BCUT2D eigenvalue weighted by atomic mass is 10.1. The standard InChI is InChI=1S/2C23H24BrClN2O3/c1-5-13(2)26-22(28)11-17-14(3)27(23(29)15-6-8-16(24)9-7-15)20-12-19(25)21(30-4)10-18(17)20;1-4-5-10-26-22(28)12-17-14(2)27(23(29)15-6-8-16(24)9-7-15)20-13-19(25)21(30-3)11-18(17)20/h6-10,12-13H,5,11H2,1-4H3,(H,26,28);6-9,11,13H,4-5,10,12H2,1-3H3,(H,26,28). The van der Waals surface area contributed by atoms with Crippen LogP contribution in [0.2, 0.25) is 10.0 Å². The first-order valence-electron chi connectivity index (χ1n) is 19.5. The van der Waals surface area contributed by atoms with E-state index in [0.29, 0.717) is 61.6 Å². The molecule has 0 aliphatic carbocycles. The zero-order valence-electron chi connectivity index (χ0n) is 34.6.